The molecule has 0 bridgehead atoms. The minimum atomic E-state index is -0.496. The summed E-state index contributed by atoms with van der Waals surface area (Å²) in [5.74, 6) is -0.563. The van der Waals surface area contributed by atoms with E-state index in [-0.39, 0.29) is 18.5 Å². The molecule has 0 spiro atoms. The number of nitrogens with zero attached hydrogens (tertiary/aromatic N) is 1. The molecule has 1 aromatic rings. The van der Waals surface area contributed by atoms with E-state index in [0.29, 0.717) is 5.56 Å². The maximum absolute atomic E-state index is 11.7. The summed E-state index contributed by atoms with van der Waals surface area (Å²) in [4.78, 5) is 22.7. The molecular formula is C13H20N3O2+. The molecule has 0 fully saturated rings. The first-order valence-electron chi connectivity index (χ1n) is 6.11. The van der Waals surface area contributed by atoms with Crippen LogP contribution in [0.1, 0.15) is 37.0 Å². The molecule has 0 saturated carbocycles. The van der Waals surface area contributed by atoms with E-state index in [1.54, 1.807) is 29.1 Å². The van der Waals surface area contributed by atoms with Crippen molar-refractivity contribution >= 4 is 11.8 Å². The highest BCUT2D eigenvalue weighted by atomic mass is 16.2. The van der Waals surface area contributed by atoms with Gasteiger partial charge >= 0.3 is 0 Å². The molecule has 0 aliphatic heterocycles. The Balaban J connectivity index is 2.59. The lowest BCUT2D eigenvalue weighted by molar-refractivity contribution is -0.684. The quantitative estimate of drug-likeness (QED) is 0.716. The predicted molar refractivity (Wildman–Crippen MR) is 67.7 cm³/mol. The van der Waals surface area contributed by atoms with Crippen molar-refractivity contribution in [2.45, 2.75) is 39.3 Å². The van der Waals surface area contributed by atoms with Crippen LogP contribution in [0.2, 0.25) is 0 Å². The summed E-state index contributed by atoms with van der Waals surface area (Å²) >= 11 is 0. The molecule has 0 unspecified atom stereocenters. The monoisotopic (exact) mass is 250 g/mol. The fraction of sp³-hybridized carbons (Fsp3) is 0.462. The Hall–Kier alpha value is -1.91. The van der Waals surface area contributed by atoms with E-state index in [9.17, 15) is 9.59 Å². The molecule has 1 rings (SSSR count). The van der Waals surface area contributed by atoms with Crippen LogP contribution >= 0.6 is 0 Å². The van der Waals surface area contributed by atoms with Gasteiger partial charge in [-0.1, -0.05) is 13.3 Å². The van der Waals surface area contributed by atoms with Crippen LogP contribution in [0.3, 0.4) is 0 Å². The Morgan fingerprint density at radius 2 is 2.22 bits per heavy atom. The average Bonchev–Trinajstić information content (AvgIpc) is 2.29. The fourth-order valence-corrected chi connectivity index (χ4v) is 1.76. The largest absolute Gasteiger partial charge is 0.365 e. The highest BCUT2D eigenvalue weighted by Crippen LogP contribution is 1.95. The first-order chi connectivity index (χ1) is 8.52. The van der Waals surface area contributed by atoms with Gasteiger partial charge in [-0.05, 0) is 19.4 Å². The van der Waals surface area contributed by atoms with Crippen LogP contribution in [0.5, 0.6) is 0 Å². The summed E-state index contributed by atoms with van der Waals surface area (Å²) in [6.07, 6.45) is 5.30. The fourth-order valence-electron chi connectivity index (χ4n) is 1.76. The number of hydrogen-bond acceptors (Lipinski definition) is 2. The molecule has 1 heterocycles. The number of carbonyl (C=O) groups excluding carboxylic acids is 2. The van der Waals surface area contributed by atoms with Gasteiger partial charge in [0.1, 0.15) is 5.56 Å². The molecule has 1 atom stereocenters. The van der Waals surface area contributed by atoms with Crippen LogP contribution in [0.4, 0.5) is 0 Å². The summed E-state index contributed by atoms with van der Waals surface area (Å²) in [5, 5.41) is 2.90. The third kappa shape index (κ3) is 4.53. The highest BCUT2D eigenvalue weighted by Gasteiger charge is 2.13. The lowest BCUT2D eigenvalue weighted by Crippen LogP contribution is -2.45. The SMILES string of the molecule is CCC[C@@H](C)NC(=O)C[n+]1cccc(C(N)=O)c1. The second-order valence-electron chi connectivity index (χ2n) is 4.39. The summed E-state index contributed by atoms with van der Waals surface area (Å²) < 4.78 is 1.65. The van der Waals surface area contributed by atoms with Gasteiger partial charge in [0, 0.05) is 12.1 Å². The van der Waals surface area contributed by atoms with Crippen LogP contribution in [-0.4, -0.2) is 17.9 Å². The van der Waals surface area contributed by atoms with Gasteiger partial charge in [0.2, 0.25) is 6.54 Å². The van der Waals surface area contributed by atoms with Crippen LogP contribution < -0.4 is 15.6 Å². The zero-order chi connectivity index (χ0) is 13.5. The maximum Gasteiger partial charge on any atom is 0.286 e. The summed E-state index contributed by atoms with van der Waals surface area (Å²) in [6.45, 7) is 4.24. The molecule has 5 heteroatoms. The minimum absolute atomic E-state index is 0.0671. The predicted octanol–water partition coefficient (Wildman–Crippen LogP) is 0.378. The topological polar surface area (TPSA) is 76.1 Å². The molecule has 0 aliphatic carbocycles. The van der Waals surface area contributed by atoms with E-state index >= 15 is 0 Å². The third-order valence-corrected chi connectivity index (χ3v) is 2.60. The number of pyridine rings is 1. The van der Waals surface area contributed by atoms with Crippen LogP contribution in [0.15, 0.2) is 24.5 Å². The van der Waals surface area contributed by atoms with Crippen LogP contribution in [0.25, 0.3) is 0 Å². The van der Waals surface area contributed by atoms with Crippen LogP contribution in [0, 0.1) is 0 Å². The maximum atomic E-state index is 11.7. The average molecular weight is 250 g/mol. The number of nitrogens with one attached hydrogen (secondary N) is 1. The summed E-state index contributed by atoms with van der Waals surface area (Å²) in [6, 6.07) is 3.49. The van der Waals surface area contributed by atoms with Crippen molar-refractivity contribution in [1.82, 2.24) is 5.32 Å². The van der Waals surface area contributed by atoms with Crippen molar-refractivity contribution < 1.29 is 14.2 Å². The van der Waals surface area contributed by atoms with Crippen molar-refractivity contribution in [2.75, 3.05) is 0 Å². The Labute approximate surface area is 107 Å². The molecule has 0 radical (unpaired) electrons. The lowest BCUT2D eigenvalue weighted by atomic mass is 10.2. The van der Waals surface area contributed by atoms with Crippen molar-refractivity contribution in [3.8, 4) is 0 Å². The molecule has 2 amide bonds. The zero-order valence-electron chi connectivity index (χ0n) is 10.8. The first-order valence-corrected chi connectivity index (χ1v) is 6.11. The Bertz CT molecular complexity index is 432. The van der Waals surface area contributed by atoms with Gasteiger partial charge in [-0.15, -0.1) is 0 Å². The van der Waals surface area contributed by atoms with Crippen molar-refractivity contribution in [3.63, 3.8) is 0 Å². The number of nitrogens with two attached hydrogens (primary N) is 1. The molecule has 1 aromatic heterocycles. The minimum Gasteiger partial charge on any atom is -0.365 e. The Morgan fingerprint density at radius 3 is 2.83 bits per heavy atom. The number of hydrogen-bond donors (Lipinski definition) is 2. The smallest absolute Gasteiger partial charge is 0.286 e. The van der Waals surface area contributed by atoms with Gasteiger partial charge in [-0.25, -0.2) is 0 Å². The number of primary amides is 1. The van der Waals surface area contributed by atoms with E-state index in [2.05, 4.69) is 12.2 Å². The standard InChI is InChI=1S/C13H19N3O2/c1-3-5-10(2)15-12(17)9-16-7-4-6-11(8-16)13(14)18/h4,6-8,10H,3,5,9H2,1-2H3,(H2-,14,15,17,18)/p+1/t10-/m1/s1. The van der Waals surface area contributed by atoms with Gasteiger partial charge in [-0.3, -0.25) is 9.59 Å². The second kappa shape index (κ2) is 6.74. The van der Waals surface area contributed by atoms with Crippen molar-refractivity contribution in [1.29, 1.82) is 0 Å². The number of aromatic nitrogens is 1. The summed E-state index contributed by atoms with van der Waals surface area (Å²) in [7, 11) is 0. The normalized spacial score (nSPS) is 11.9. The van der Waals surface area contributed by atoms with Crippen molar-refractivity contribution in [3.05, 3.63) is 30.1 Å². The van der Waals surface area contributed by atoms with E-state index < -0.39 is 5.91 Å². The Kier molecular flexibility index (Phi) is 5.30. The zero-order valence-corrected chi connectivity index (χ0v) is 10.8. The Morgan fingerprint density at radius 1 is 1.50 bits per heavy atom. The van der Waals surface area contributed by atoms with E-state index in [0.717, 1.165) is 12.8 Å². The van der Waals surface area contributed by atoms with E-state index in [1.165, 1.54) is 0 Å². The molecule has 0 aromatic carbocycles. The van der Waals surface area contributed by atoms with Gasteiger partial charge in [0.15, 0.2) is 12.4 Å². The number of carbonyl (C=O) groups is 2. The molecule has 5 nitrogen and oxygen atoms in total. The number of amides is 2. The first kappa shape index (κ1) is 14.2. The number of rotatable bonds is 6. The van der Waals surface area contributed by atoms with Crippen molar-refractivity contribution in [2.24, 2.45) is 5.73 Å². The third-order valence-electron chi connectivity index (χ3n) is 2.60. The molecule has 98 valence electrons. The van der Waals surface area contributed by atoms with Gasteiger partial charge < -0.3 is 11.1 Å². The molecular weight excluding hydrogens is 230 g/mol. The highest BCUT2D eigenvalue weighted by molar-refractivity contribution is 5.92. The molecule has 3 N–H and O–H groups in total. The molecule has 18 heavy (non-hydrogen) atoms. The molecule has 0 aliphatic rings. The lowest BCUT2D eigenvalue weighted by Gasteiger charge is -2.10. The second-order valence-corrected chi connectivity index (χ2v) is 4.39. The van der Waals surface area contributed by atoms with Crippen LogP contribution in [-0.2, 0) is 11.3 Å². The van der Waals surface area contributed by atoms with Gasteiger partial charge in [0.05, 0.1) is 0 Å². The van der Waals surface area contributed by atoms with E-state index in [4.69, 9.17) is 5.73 Å². The molecule has 0 saturated heterocycles. The van der Waals surface area contributed by atoms with Gasteiger partial charge in [-0.2, -0.15) is 4.57 Å². The van der Waals surface area contributed by atoms with Gasteiger partial charge in [0.25, 0.3) is 11.8 Å². The van der Waals surface area contributed by atoms with E-state index in [1.807, 2.05) is 6.92 Å². The summed E-state index contributed by atoms with van der Waals surface area (Å²) in [5.41, 5.74) is 5.58.